The van der Waals surface area contributed by atoms with Crippen LogP contribution in [0.25, 0.3) is 10.8 Å². The van der Waals surface area contributed by atoms with E-state index in [2.05, 4.69) is 19.1 Å². The monoisotopic (exact) mass is 396 g/mol. The average molecular weight is 396 g/mol. The molecule has 5 heteroatoms. The summed E-state index contributed by atoms with van der Waals surface area (Å²) in [6, 6.07) is 16.3. The maximum atomic E-state index is 13.0. The topological polar surface area (TPSA) is 71.0 Å². The number of rotatable bonds is 2. The number of aliphatic imine (C=N–C) groups is 1. The number of ketones is 1. The summed E-state index contributed by atoms with van der Waals surface area (Å²) in [6.07, 6.45) is 1.17. The van der Waals surface area contributed by atoms with E-state index >= 15 is 0 Å². The van der Waals surface area contributed by atoms with Crippen LogP contribution >= 0.6 is 0 Å². The summed E-state index contributed by atoms with van der Waals surface area (Å²) in [4.78, 5) is 17.8. The van der Waals surface area contributed by atoms with Crippen molar-refractivity contribution in [3.8, 4) is 0 Å². The van der Waals surface area contributed by atoms with Crippen molar-refractivity contribution in [2.75, 3.05) is 12.8 Å². The first kappa shape index (κ1) is 18.6. The highest BCUT2D eigenvalue weighted by atomic mass is 16.1. The van der Waals surface area contributed by atoms with Gasteiger partial charge in [0.05, 0.1) is 29.2 Å². The van der Waals surface area contributed by atoms with Crippen molar-refractivity contribution in [3.05, 3.63) is 70.8 Å². The molecule has 2 N–H and O–H groups in total. The van der Waals surface area contributed by atoms with Gasteiger partial charge in [0.15, 0.2) is 5.78 Å². The van der Waals surface area contributed by atoms with Crippen molar-refractivity contribution in [3.63, 3.8) is 0 Å². The van der Waals surface area contributed by atoms with Gasteiger partial charge < -0.3 is 5.73 Å². The molecule has 3 aromatic carbocycles. The number of carbonyl (C=O) groups excluding carboxylic acids is 1. The van der Waals surface area contributed by atoms with Gasteiger partial charge in [-0.15, -0.1) is 0 Å². The van der Waals surface area contributed by atoms with Gasteiger partial charge in [0.1, 0.15) is 0 Å². The van der Waals surface area contributed by atoms with Gasteiger partial charge in [-0.1, -0.05) is 36.4 Å². The minimum atomic E-state index is 0.0917. The molecule has 0 saturated heterocycles. The fourth-order valence-corrected chi connectivity index (χ4v) is 4.37. The number of carbonyl (C=O) groups is 1. The molecule has 1 aliphatic carbocycles. The summed E-state index contributed by atoms with van der Waals surface area (Å²) in [6.45, 7) is 4.18. The molecule has 0 radical (unpaired) electrons. The molecule has 0 saturated carbocycles. The van der Waals surface area contributed by atoms with Crippen LogP contribution in [0, 0.1) is 6.92 Å². The fraction of sp³-hybridized carbons (Fsp3) is 0.240. The second-order valence-corrected chi connectivity index (χ2v) is 8.28. The minimum absolute atomic E-state index is 0.0917. The van der Waals surface area contributed by atoms with Gasteiger partial charge >= 0.3 is 0 Å². The van der Waals surface area contributed by atoms with E-state index in [0.717, 1.165) is 50.9 Å². The van der Waals surface area contributed by atoms with Crippen LogP contribution in [0.5, 0.6) is 0 Å². The number of hydrazone groups is 1. The second-order valence-electron chi connectivity index (χ2n) is 8.28. The quantitative estimate of drug-likeness (QED) is 0.629. The van der Waals surface area contributed by atoms with Crippen molar-refractivity contribution in [2.24, 2.45) is 10.1 Å². The standard InChI is InChI=1S/C25H24N4O/c1-14-7-10-20(26)23(11-14)27-21-13-24(30)19-9-8-16(22-12-15(2)29(3)28-22)17-5-4-6-18(21)25(17)19/h4-11,15H,12-13,26H2,1-3H3. The summed E-state index contributed by atoms with van der Waals surface area (Å²) >= 11 is 0. The molecule has 150 valence electrons. The molecule has 0 spiro atoms. The highest BCUT2D eigenvalue weighted by molar-refractivity contribution is 6.31. The molecule has 0 bridgehead atoms. The molecular formula is C25H24N4O. The lowest BCUT2D eigenvalue weighted by atomic mass is 9.83. The van der Waals surface area contributed by atoms with E-state index in [1.165, 1.54) is 0 Å². The third kappa shape index (κ3) is 2.89. The molecule has 30 heavy (non-hydrogen) atoms. The van der Waals surface area contributed by atoms with E-state index in [0.29, 0.717) is 17.4 Å². The van der Waals surface area contributed by atoms with E-state index in [-0.39, 0.29) is 12.2 Å². The number of nitrogens with two attached hydrogens (primary N) is 1. The summed E-state index contributed by atoms with van der Waals surface area (Å²) in [5.41, 5.74) is 13.3. The van der Waals surface area contributed by atoms with E-state index in [9.17, 15) is 4.79 Å². The molecule has 1 unspecified atom stereocenters. The molecule has 0 aromatic heterocycles. The normalized spacial score (nSPS) is 19.6. The van der Waals surface area contributed by atoms with Gasteiger partial charge in [0, 0.05) is 41.6 Å². The molecule has 2 aliphatic rings. The van der Waals surface area contributed by atoms with Crippen molar-refractivity contribution >= 4 is 39.4 Å². The number of Topliss-reactive ketones (excluding diaryl/α,β-unsaturated/α-hetero) is 1. The zero-order chi connectivity index (χ0) is 21.0. The Bertz CT molecular complexity index is 1270. The summed E-state index contributed by atoms with van der Waals surface area (Å²) in [5.74, 6) is 0.0917. The predicted molar refractivity (Wildman–Crippen MR) is 123 cm³/mol. The van der Waals surface area contributed by atoms with Gasteiger partial charge in [-0.2, -0.15) is 5.10 Å². The molecule has 0 fully saturated rings. The fourth-order valence-electron chi connectivity index (χ4n) is 4.37. The Labute approximate surface area is 175 Å². The molecule has 3 aromatic rings. The number of benzene rings is 3. The molecule has 5 rings (SSSR count). The highest BCUT2D eigenvalue weighted by Gasteiger charge is 2.28. The zero-order valence-electron chi connectivity index (χ0n) is 17.4. The first-order chi connectivity index (χ1) is 14.4. The summed E-state index contributed by atoms with van der Waals surface area (Å²) in [7, 11) is 2.00. The van der Waals surface area contributed by atoms with Crippen LogP contribution in [0.4, 0.5) is 11.4 Å². The van der Waals surface area contributed by atoms with Crippen LogP contribution in [0.3, 0.4) is 0 Å². The lowest BCUT2D eigenvalue weighted by Crippen LogP contribution is -2.18. The van der Waals surface area contributed by atoms with E-state index < -0.39 is 0 Å². The molecule has 1 atom stereocenters. The molecule has 1 aliphatic heterocycles. The number of nitrogens with zero attached hydrogens (tertiary/aromatic N) is 3. The van der Waals surface area contributed by atoms with Crippen LogP contribution in [0.15, 0.2) is 58.6 Å². The van der Waals surface area contributed by atoms with Crippen molar-refractivity contribution < 1.29 is 4.79 Å². The number of anilines is 1. The molecule has 5 nitrogen and oxygen atoms in total. The smallest absolute Gasteiger partial charge is 0.169 e. The Morgan fingerprint density at radius 3 is 2.67 bits per heavy atom. The maximum absolute atomic E-state index is 13.0. The summed E-state index contributed by atoms with van der Waals surface area (Å²) in [5, 5.41) is 8.77. The van der Waals surface area contributed by atoms with Crippen LogP contribution in [-0.2, 0) is 0 Å². The van der Waals surface area contributed by atoms with E-state index in [1.807, 2.05) is 55.4 Å². The number of nitrogen functional groups attached to an aromatic ring is 1. The van der Waals surface area contributed by atoms with Crippen molar-refractivity contribution in [2.45, 2.75) is 32.7 Å². The third-order valence-corrected chi connectivity index (χ3v) is 6.14. The Morgan fingerprint density at radius 1 is 1.10 bits per heavy atom. The molecular weight excluding hydrogens is 372 g/mol. The Hall–Kier alpha value is -3.47. The van der Waals surface area contributed by atoms with Crippen molar-refractivity contribution in [1.29, 1.82) is 0 Å². The summed E-state index contributed by atoms with van der Waals surface area (Å²) < 4.78 is 0. The van der Waals surface area contributed by atoms with Gasteiger partial charge in [0.25, 0.3) is 0 Å². The Balaban J connectivity index is 1.73. The molecule has 1 heterocycles. The highest BCUT2D eigenvalue weighted by Crippen LogP contribution is 2.35. The first-order valence-corrected chi connectivity index (χ1v) is 10.3. The van der Waals surface area contributed by atoms with Crippen LogP contribution in [0.1, 0.15) is 46.8 Å². The average Bonchev–Trinajstić information content (AvgIpc) is 3.06. The SMILES string of the molecule is Cc1ccc(N)c(N=C2CC(=O)c3ccc(C4=NN(C)C(C)C4)c4cccc2c34)c1. The lowest BCUT2D eigenvalue weighted by molar-refractivity contribution is 0.100. The van der Waals surface area contributed by atoms with E-state index in [1.54, 1.807) is 0 Å². The zero-order valence-corrected chi connectivity index (χ0v) is 17.4. The van der Waals surface area contributed by atoms with Crippen LogP contribution in [0.2, 0.25) is 0 Å². The van der Waals surface area contributed by atoms with Gasteiger partial charge in [-0.05, 0) is 36.9 Å². The van der Waals surface area contributed by atoms with Crippen LogP contribution < -0.4 is 5.73 Å². The second kappa shape index (κ2) is 6.80. The third-order valence-electron chi connectivity index (χ3n) is 6.14. The maximum Gasteiger partial charge on any atom is 0.169 e. The minimum Gasteiger partial charge on any atom is -0.397 e. The van der Waals surface area contributed by atoms with Crippen molar-refractivity contribution in [1.82, 2.24) is 5.01 Å². The van der Waals surface area contributed by atoms with Gasteiger partial charge in [0.2, 0.25) is 0 Å². The largest absolute Gasteiger partial charge is 0.397 e. The van der Waals surface area contributed by atoms with E-state index in [4.69, 9.17) is 15.8 Å². The predicted octanol–water partition coefficient (Wildman–Crippen LogP) is 4.87. The van der Waals surface area contributed by atoms with Gasteiger partial charge in [-0.25, -0.2) is 0 Å². The Morgan fingerprint density at radius 2 is 1.90 bits per heavy atom. The lowest BCUT2D eigenvalue weighted by Gasteiger charge is -2.20. The van der Waals surface area contributed by atoms with Gasteiger partial charge in [-0.3, -0.25) is 14.8 Å². The number of hydrogen-bond donors (Lipinski definition) is 1. The molecule has 0 amide bonds. The number of aryl methyl sites for hydroxylation is 1. The number of hydrogen-bond acceptors (Lipinski definition) is 5. The van der Waals surface area contributed by atoms with Crippen LogP contribution in [-0.4, -0.2) is 35.3 Å². The first-order valence-electron chi connectivity index (χ1n) is 10.3. The Kier molecular flexibility index (Phi) is 4.21.